The van der Waals surface area contributed by atoms with E-state index < -0.39 is 44.9 Å². The molecule has 3 N–H and O–H groups in total. The number of Topliss-reactive ketones (excluding diaryl/α,β-unsaturated/α-hetero) is 1. The number of amides is 3. The topological polar surface area (TPSA) is 166 Å². The highest BCUT2D eigenvalue weighted by molar-refractivity contribution is 7.90. The zero-order valence-electron chi connectivity index (χ0n) is 34.0. The molecule has 56 heavy (non-hydrogen) atoms. The Bertz CT molecular complexity index is 1800. The fraction of sp³-hybridized carbons (Fsp3) is 0.558. The van der Waals surface area contributed by atoms with Crippen LogP contribution in [0.4, 0.5) is 11.4 Å². The monoisotopic (exact) mass is 793 g/mol. The number of hydrogen-bond donors (Lipinski definition) is 3. The normalized spacial score (nSPS) is 12.2. The molecular formula is C43H63N5O7S. The molecule has 0 aliphatic heterocycles. The van der Waals surface area contributed by atoms with Crippen molar-refractivity contribution in [2.45, 2.75) is 142 Å². The van der Waals surface area contributed by atoms with Gasteiger partial charge >= 0.3 is 0 Å². The maximum atomic E-state index is 14.1. The lowest BCUT2D eigenvalue weighted by Gasteiger charge is -2.25. The summed E-state index contributed by atoms with van der Waals surface area (Å²) in [7, 11) is -4.27. The number of anilines is 2. The standard InChI is InChI=1S/C43H63N5O7S/c1-6-8-9-10-11-12-13-14-15-16-17-18-19-23-30-55-37-27-26-34(56(53,54)47-38(49)7-2)31-36(37)46-41(51)35(39(50)43(3,4)5)32-48-29-28-44-40(48)42(52)45-33-24-21-20-22-25-33/h20-22,24-29,31,35H,6-19,23,30,32H2,1-5H3,(H,45,52)(H,46,51)(H,47,49). The number of imidazole rings is 1. The molecule has 3 amide bonds. The summed E-state index contributed by atoms with van der Waals surface area (Å²) < 4.78 is 35.7. The molecule has 0 saturated heterocycles. The SMILES string of the molecule is CCCCCCCCCCCCCCCCOc1ccc(S(=O)(=O)NC(=O)CC)cc1NC(=O)C(Cn1ccnc1C(=O)Nc1ccccc1)C(=O)C(C)(C)C. The van der Waals surface area contributed by atoms with Gasteiger partial charge in [-0.3, -0.25) is 19.2 Å². The number of para-hydroxylation sites is 1. The van der Waals surface area contributed by atoms with Crippen LogP contribution in [-0.4, -0.2) is 48.1 Å². The molecule has 12 nitrogen and oxygen atoms in total. The Morgan fingerprint density at radius 1 is 0.786 bits per heavy atom. The van der Waals surface area contributed by atoms with E-state index in [0.717, 1.165) is 25.7 Å². The van der Waals surface area contributed by atoms with E-state index in [0.29, 0.717) is 12.3 Å². The number of carbonyl (C=O) groups excluding carboxylic acids is 4. The van der Waals surface area contributed by atoms with E-state index in [4.69, 9.17) is 4.74 Å². The van der Waals surface area contributed by atoms with E-state index in [2.05, 4.69) is 22.5 Å². The van der Waals surface area contributed by atoms with Crippen molar-refractivity contribution in [3.8, 4) is 5.75 Å². The van der Waals surface area contributed by atoms with Gasteiger partial charge in [0, 0.05) is 36.5 Å². The molecule has 0 fully saturated rings. The van der Waals surface area contributed by atoms with Gasteiger partial charge in [0.2, 0.25) is 11.8 Å². The molecule has 3 rings (SSSR count). The van der Waals surface area contributed by atoms with Crippen LogP contribution in [-0.2, 0) is 31.0 Å². The highest BCUT2D eigenvalue weighted by Crippen LogP contribution is 2.31. The smallest absolute Gasteiger partial charge is 0.291 e. The number of sulfonamides is 1. The first-order valence-corrected chi connectivity index (χ1v) is 21.8. The summed E-state index contributed by atoms with van der Waals surface area (Å²) in [6, 6.07) is 12.8. The van der Waals surface area contributed by atoms with Crippen molar-refractivity contribution < 1.29 is 32.3 Å². The minimum absolute atomic E-state index is 0.00491. The molecule has 0 saturated carbocycles. The number of aromatic nitrogens is 2. The number of carbonyl (C=O) groups is 4. The molecule has 0 spiro atoms. The number of rotatable bonds is 26. The van der Waals surface area contributed by atoms with E-state index in [1.165, 1.54) is 106 Å². The van der Waals surface area contributed by atoms with Crippen LogP contribution in [0.25, 0.3) is 0 Å². The van der Waals surface area contributed by atoms with Gasteiger partial charge < -0.3 is 19.9 Å². The van der Waals surface area contributed by atoms with Crippen LogP contribution >= 0.6 is 0 Å². The van der Waals surface area contributed by atoms with Gasteiger partial charge in [0.25, 0.3) is 15.9 Å². The van der Waals surface area contributed by atoms with Gasteiger partial charge in [-0.1, -0.05) is 136 Å². The Morgan fingerprint density at radius 3 is 1.95 bits per heavy atom. The van der Waals surface area contributed by atoms with Gasteiger partial charge in [0.1, 0.15) is 11.7 Å². The number of ether oxygens (including phenoxy) is 1. The van der Waals surface area contributed by atoms with Gasteiger partial charge in [-0.2, -0.15) is 0 Å². The summed E-state index contributed by atoms with van der Waals surface area (Å²) in [6.45, 7) is 8.99. The molecular weight excluding hydrogens is 731 g/mol. The predicted octanol–water partition coefficient (Wildman–Crippen LogP) is 9.08. The lowest BCUT2D eigenvalue weighted by atomic mass is 9.82. The summed E-state index contributed by atoms with van der Waals surface area (Å²) in [5.74, 6) is -3.40. The van der Waals surface area contributed by atoms with Crippen LogP contribution in [0.15, 0.2) is 65.8 Å². The third kappa shape index (κ3) is 15.5. The molecule has 1 aromatic heterocycles. The summed E-state index contributed by atoms with van der Waals surface area (Å²) in [4.78, 5) is 57.1. The van der Waals surface area contributed by atoms with E-state index in [-0.39, 0.29) is 35.1 Å². The van der Waals surface area contributed by atoms with Crippen LogP contribution in [0.2, 0.25) is 0 Å². The third-order valence-corrected chi connectivity index (χ3v) is 10.9. The fourth-order valence-corrected chi connectivity index (χ4v) is 7.34. The Hall–Kier alpha value is -4.52. The van der Waals surface area contributed by atoms with Gasteiger partial charge in [-0.15, -0.1) is 0 Å². The second-order valence-electron chi connectivity index (χ2n) is 15.4. The highest BCUT2D eigenvalue weighted by Gasteiger charge is 2.36. The summed E-state index contributed by atoms with van der Waals surface area (Å²) in [6.07, 6.45) is 19.9. The van der Waals surface area contributed by atoms with Crippen molar-refractivity contribution in [1.82, 2.24) is 14.3 Å². The quantitative estimate of drug-likeness (QED) is 0.0535. The third-order valence-electron chi connectivity index (χ3n) is 9.55. The maximum absolute atomic E-state index is 14.1. The van der Waals surface area contributed by atoms with Gasteiger partial charge in [-0.05, 0) is 36.8 Å². The molecule has 308 valence electrons. The van der Waals surface area contributed by atoms with E-state index in [1.54, 1.807) is 45.0 Å². The van der Waals surface area contributed by atoms with Crippen molar-refractivity contribution in [1.29, 1.82) is 0 Å². The average Bonchev–Trinajstić information content (AvgIpc) is 3.64. The predicted molar refractivity (Wildman–Crippen MR) is 221 cm³/mol. The Morgan fingerprint density at radius 2 is 1.38 bits per heavy atom. The minimum atomic E-state index is -4.27. The number of nitrogens with zero attached hydrogens (tertiary/aromatic N) is 2. The van der Waals surface area contributed by atoms with Crippen LogP contribution in [0, 0.1) is 11.3 Å². The molecule has 1 heterocycles. The van der Waals surface area contributed by atoms with E-state index in [1.807, 2.05) is 10.8 Å². The Balaban J connectivity index is 1.70. The zero-order chi connectivity index (χ0) is 41.0. The first kappa shape index (κ1) is 45.9. The molecule has 0 radical (unpaired) electrons. The molecule has 3 aromatic rings. The highest BCUT2D eigenvalue weighted by atomic mass is 32.2. The summed E-state index contributed by atoms with van der Waals surface area (Å²) in [5, 5.41) is 5.53. The average molecular weight is 794 g/mol. The summed E-state index contributed by atoms with van der Waals surface area (Å²) >= 11 is 0. The molecule has 0 aliphatic carbocycles. The Labute approximate surface area is 334 Å². The van der Waals surface area contributed by atoms with Crippen LogP contribution in [0.5, 0.6) is 5.75 Å². The van der Waals surface area contributed by atoms with Gasteiger partial charge in [-0.25, -0.2) is 18.1 Å². The second kappa shape index (κ2) is 23.5. The number of hydrogen-bond acceptors (Lipinski definition) is 8. The molecule has 1 unspecified atom stereocenters. The lowest BCUT2D eigenvalue weighted by Crippen LogP contribution is -2.40. The van der Waals surface area contributed by atoms with Gasteiger partial charge in [0.05, 0.1) is 17.2 Å². The maximum Gasteiger partial charge on any atom is 0.291 e. The van der Waals surface area contributed by atoms with Crippen molar-refractivity contribution >= 4 is 44.9 Å². The number of nitrogens with one attached hydrogen (secondary N) is 3. The zero-order valence-corrected chi connectivity index (χ0v) is 34.8. The Kier molecular flexibility index (Phi) is 19.3. The molecule has 0 bridgehead atoms. The van der Waals surface area contributed by atoms with Crippen LogP contribution < -0.4 is 20.1 Å². The fourth-order valence-electron chi connectivity index (χ4n) is 6.26. The molecule has 13 heteroatoms. The largest absolute Gasteiger partial charge is 0.491 e. The van der Waals surface area contributed by atoms with E-state index >= 15 is 0 Å². The first-order valence-electron chi connectivity index (χ1n) is 20.3. The van der Waals surface area contributed by atoms with Crippen molar-refractivity contribution in [2.75, 3.05) is 17.2 Å². The van der Waals surface area contributed by atoms with Gasteiger partial charge in [0.15, 0.2) is 11.6 Å². The molecule has 1 atom stereocenters. The minimum Gasteiger partial charge on any atom is -0.491 e. The summed E-state index contributed by atoms with van der Waals surface area (Å²) in [5.41, 5.74) is -0.358. The number of ketones is 1. The number of unbranched alkanes of at least 4 members (excludes halogenated alkanes) is 13. The first-order chi connectivity index (χ1) is 26.8. The van der Waals surface area contributed by atoms with Crippen LogP contribution in [0.1, 0.15) is 142 Å². The van der Waals surface area contributed by atoms with E-state index in [9.17, 15) is 27.6 Å². The van der Waals surface area contributed by atoms with Crippen molar-refractivity contribution in [3.05, 3.63) is 66.7 Å². The molecule has 2 aromatic carbocycles. The molecule has 0 aliphatic rings. The second-order valence-corrected chi connectivity index (χ2v) is 17.0. The number of benzene rings is 2. The van der Waals surface area contributed by atoms with Crippen LogP contribution in [0.3, 0.4) is 0 Å². The van der Waals surface area contributed by atoms with Crippen molar-refractivity contribution in [2.24, 2.45) is 11.3 Å². The lowest BCUT2D eigenvalue weighted by molar-refractivity contribution is -0.137. The van der Waals surface area contributed by atoms with Crippen molar-refractivity contribution in [3.63, 3.8) is 0 Å².